The third-order valence-electron chi connectivity index (χ3n) is 5.38. The van der Waals surface area contributed by atoms with Crippen LogP contribution in [-0.4, -0.2) is 41.2 Å². The molecule has 0 saturated carbocycles. The molecular formula is C26H20N2O8S. The van der Waals surface area contributed by atoms with Gasteiger partial charge in [0.25, 0.3) is 16.8 Å². The number of nitro benzene ring substituents is 1. The average molecular weight is 521 g/mol. The van der Waals surface area contributed by atoms with E-state index in [1.54, 1.807) is 36.4 Å². The van der Waals surface area contributed by atoms with Gasteiger partial charge in [-0.1, -0.05) is 18.2 Å². The summed E-state index contributed by atoms with van der Waals surface area (Å²) < 4.78 is 15.9. The van der Waals surface area contributed by atoms with E-state index in [2.05, 4.69) is 0 Å². The Hall–Kier alpha value is -4.64. The molecule has 0 spiro atoms. The molecule has 0 radical (unpaired) electrons. The summed E-state index contributed by atoms with van der Waals surface area (Å²) >= 11 is 0.773. The van der Waals surface area contributed by atoms with Gasteiger partial charge in [0.2, 0.25) is 0 Å². The molecule has 1 heterocycles. The highest BCUT2D eigenvalue weighted by Gasteiger charge is 2.35. The van der Waals surface area contributed by atoms with Gasteiger partial charge in [-0.25, -0.2) is 4.79 Å². The number of hydrogen-bond donors (Lipinski definition) is 0. The summed E-state index contributed by atoms with van der Waals surface area (Å²) in [6.07, 6.45) is 1.52. The number of non-ortho nitro benzene ring substituents is 1. The van der Waals surface area contributed by atoms with Crippen LogP contribution in [0.15, 0.2) is 71.6 Å². The summed E-state index contributed by atoms with van der Waals surface area (Å²) in [5.74, 6) is -0.0615. The van der Waals surface area contributed by atoms with Crippen molar-refractivity contribution in [2.45, 2.75) is 6.54 Å². The predicted molar refractivity (Wildman–Crippen MR) is 136 cm³/mol. The topological polar surface area (TPSA) is 125 Å². The minimum Gasteiger partial charge on any atom is -0.497 e. The first kappa shape index (κ1) is 25.5. The highest BCUT2D eigenvalue weighted by molar-refractivity contribution is 8.18. The summed E-state index contributed by atoms with van der Waals surface area (Å²) in [6.45, 7) is -0.0205. The lowest BCUT2D eigenvalue weighted by atomic mass is 10.1. The Labute approximate surface area is 215 Å². The quantitative estimate of drug-likeness (QED) is 0.132. The van der Waals surface area contributed by atoms with E-state index in [0.717, 1.165) is 16.7 Å². The van der Waals surface area contributed by atoms with Gasteiger partial charge in [0.05, 0.1) is 36.2 Å². The molecule has 0 atom stereocenters. The number of carbonyl (C=O) groups is 3. The Morgan fingerprint density at radius 3 is 2.30 bits per heavy atom. The fraction of sp³-hybridized carbons (Fsp3) is 0.115. The van der Waals surface area contributed by atoms with Gasteiger partial charge in [-0.3, -0.25) is 24.6 Å². The van der Waals surface area contributed by atoms with E-state index in [1.807, 2.05) is 0 Å². The van der Waals surface area contributed by atoms with Crippen LogP contribution in [-0.2, 0) is 11.3 Å². The molecule has 10 nitrogen and oxygen atoms in total. The molecule has 1 aliphatic rings. The Kier molecular flexibility index (Phi) is 7.54. The van der Waals surface area contributed by atoms with Gasteiger partial charge in [0, 0.05) is 12.1 Å². The maximum atomic E-state index is 12.9. The SMILES string of the molecule is COc1ccc(C(=O)Oc2cc(/C=C3\SC(=O)N(Cc4ccc([N+](=O)[O-])cc4)C3=O)ccc2OC)cc1. The minimum absolute atomic E-state index is 0.0205. The van der Waals surface area contributed by atoms with Gasteiger partial charge < -0.3 is 14.2 Å². The average Bonchev–Trinajstić information content (AvgIpc) is 3.16. The number of rotatable bonds is 8. The first-order valence-corrected chi connectivity index (χ1v) is 11.6. The van der Waals surface area contributed by atoms with Crippen molar-refractivity contribution in [1.82, 2.24) is 4.90 Å². The fourth-order valence-electron chi connectivity index (χ4n) is 3.44. The van der Waals surface area contributed by atoms with Crippen LogP contribution in [0, 0.1) is 10.1 Å². The number of esters is 1. The van der Waals surface area contributed by atoms with Crippen LogP contribution in [0.5, 0.6) is 17.2 Å². The van der Waals surface area contributed by atoms with Crippen molar-refractivity contribution in [2.24, 2.45) is 0 Å². The molecule has 0 aromatic heterocycles. The molecule has 1 aliphatic heterocycles. The summed E-state index contributed by atoms with van der Waals surface area (Å²) in [5, 5.41) is 10.4. The molecule has 11 heteroatoms. The van der Waals surface area contributed by atoms with Crippen molar-refractivity contribution >= 4 is 40.6 Å². The first-order valence-electron chi connectivity index (χ1n) is 10.8. The smallest absolute Gasteiger partial charge is 0.343 e. The van der Waals surface area contributed by atoms with Crippen molar-refractivity contribution in [2.75, 3.05) is 14.2 Å². The second-order valence-electron chi connectivity index (χ2n) is 7.72. The van der Waals surface area contributed by atoms with Gasteiger partial charge >= 0.3 is 5.97 Å². The van der Waals surface area contributed by atoms with Crippen molar-refractivity contribution in [1.29, 1.82) is 0 Å². The highest BCUT2D eigenvalue weighted by Crippen LogP contribution is 2.35. The van der Waals surface area contributed by atoms with Crippen LogP contribution < -0.4 is 14.2 Å². The zero-order chi connectivity index (χ0) is 26.5. The number of benzene rings is 3. The maximum Gasteiger partial charge on any atom is 0.343 e. The van der Waals surface area contributed by atoms with Crippen molar-refractivity contribution in [3.8, 4) is 17.2 Å². The number of thioether (sulfide) groups is 1. The Bertz CT molecular complexity index is 1400. The van der Waals surface area contributed by atoms with Crippen LogP contribution in [0.2, 0.25) is 0 Å². The number of nitro groups is 1. The van der Waals surface area contributed by atoms with Crippen LogP contribution in [0.3, 0.4) is 0 Å². The van der Waals surface area contributed by atoms with Crippen molar-refractivity contribution < 1.29 is 33.5 Å². The monoisotopic (exact) mass is 520 g/mol. The van der Waals surface area contributed by atoms with Crippen LogP contribution in [0.25, 0.3) is 6.08 Å². The van der Waals surface area contributed by atoms with E-state index in [4.69, 9.17) is 14.2 Å². The minimum atomic E-state index is -0.610. The number of hydrogen-bond acceptors (Lipinski definition) is 9. The van der Waals surface area contributed by atoms with Gasteiger partial charge in [0.1, 0.15) is 5.75 Å². The predicted octanol–water partition coefficient (Wildman–Crippen LogP) is 5.07. The van der Waals surface area contributed by atoms with E-state index in [9.17, 15) is 24.5 Å². The number of ether oxygens (including phenoxy) is 3. The molecule has 37 heavy (non-hydrogen) atoms. The summed E-state index contributed by atoms with van der Waals surface area (Å²) in [5.41, 5.74) is 1.31. The van der Waals surface area contributed by atoms with Gasteiger partial charge in [0.15, 0.2) is 11.5 Å². The third kappa shape index (κ3) is 5.78. The largest absolute Gasteiger partial charge is 0.497 e. The molecule has 0 aliphatic carbocycles. The normalized spacial score (nSPS) is 14.1. The standard InChI is InChI=1S/C26H20N2O8S/c1-34-20-10-6-18(7-11-20)25(30)36-22-13-17(5-12-21(22)35-2)14-23-24(29)27(26(31)37-23)15-16-3-8-19(9-4-16)28(32)33/h3-14H,15H2,1-2H3/b23-14-. The molecule has 2 amide bonds. The molecule has 188 valence electrons. The molecule has 4 rings (SSSR count). The molecular weight excluding hydrogens is 500 g/mol. The van der Waals surface area contributed by atoms with Crippen LogP contribution in [0.1, 0.15) is 21.5 Å². The third-order valence-corrected chi connectivity index (χ3v) is 6.28. The van der Waals surface area contributed by atoms with Crippen LogP contribution in [0.4, 0.5) is 10.5 Å². The lowest BCUT2D eigenvalue weighted by molar-refractivity contribution is -0.384. The number of nitrogens with zero attached hydrogens (tertiary/aromatic N) is 2. The Morgan fingerprint density at radius 1 is 0.973 bits per heavy atom. The number of imide groups is 1. The van der Waals surface area contributed by atoms with Gasteiger partial charge in [-0.2, -0.15) is 0 Å². The lowest BCUT2D eigenvalue weighted by Gasteiger charge is -2.12. The Balaban J connectivity index is 1.52. The molecule has 1 saturated heterocycles. The number of methoxy groups -OCH3 is 2. The second-order valence-corrected chi connectivity index (χ2v) is 8.71. The zero-order valence-electron chi connectivity index (χ0n) is 19.7. The van der Waals surface area contributed by atoms with E-state index in [-0.39, 0.29) is 22.9 Å². The van der Waals surface area contributed by atoms with Gasteiger partial charge in [-0.05, 0) is 65.4 Å². The molecule has 3 aromatic carbocycles. The highest BCUT2D eigenvalue weighted by atomic mass is 32.2. The fourth-order valence-corrected chi connectivity index (χ4v) is 4.28. The first-order chi connectivity index (χ1) is 17.8. The summed E-state index contributed by atoms with van der Waals surface area (Å²) in [7, 11) is 2.96. The zero-order valence-corrected chi connectivity index (χ0v) is 20.5. The molecule has 0 bridgehead atoms. The van der Waals surface area contributed by atoms with E-state index in [0.29, 0.717) is 28.2 Å². The maximum absolute atomic E-state index is 12.9. The van der Waals surface area contributed by atoms with Crippen molar-refractivity contribution in [3.63, 3.8) is 0 Å². The molecule has 0 N–H and O–H groups in total. The lowest BCUT2D eigenvalue weighted by Crippen LogP contribution is -2.27. The Morgan fingerprint density at radius 2 is 1.68 bits per heavy atom. The van der Waals surface area contributed by atoms with Gasteiger partial charge in [-0.15, -0.1) is 0 Å². The van der Waals surface area contributed by atoms with E-state index >= 15 is 0 Å². The second kappa shape index (κ2) is 11.0. The van der Waals surface area contributed by atoms with E-state index < -0.39 is 22.0 Å². The number of carbonyl (C=O) groups excluding carboxylic acids is 3. The number of amides is 2. The van der Waals surface area contributed by atoms with Crippen LogP contribution >= 0.6 is 11.8 Å². The molecule has 0 unspecified atom stereocenters. The molecule has 1 fully saturated rings. The van der Waals surface area contributed by atoms with Crippen molar-refractivity contribution in [3.05, 3.63) is 98.4 Å². The molecule has 3 aromatic rings. The summed E-state index contributed by atoms with van der Waals surface area (Å²) in [6, 6.07) is 16.8. The summed E-state index contributed by atoms with van der Waals surface area (Å²) in [4.78, 5) is 49.6. The van der Waals surface area contributed by atoms with E-state index in [1.165, 1.54) is 50.6 Å².